The Labute approximate surface area is 373 Å². The van der Waals surface area contributed by atoms with Gasteiger partial charge in [-0.15, -0.1) is 0 Å². The number of hydrogen-bond acceptors (Lipinski definition) is 3. The maximum absolute atomic E-state index is 5.29. The van der Waals surface area contributed by atoms with Gasteiger partial charge in [0.15, 0.2) is 17.5 Å². The van der Waals surface area contributed by atoms with Crippen molar-refractivity contribution in [3.8, 4) is 51.0 Å². The Morgan fingerprint density at radius 2 is 0.738 bits per heavy atom. The highest BCUT2D eigenvalue weighted by Crippen LogP contribution is 2.45. The van der Waals surface area contributed by atoms with Gasteiger partial charge in [0.05, 0.1) is 11.0 Å². The van der Waals surface area contributed by atoms with Gasteiger partial charge in [-0.05, 0) is 112 Å². The number of fused-ring (bicyclic) bond motifs is 5. The fraction of sp³-hybridized carbons (Fsp3) is 0. The van der Waals surface area contributed by atoms with Gasteiger partial charge < -0.3 is 4.57 Å². The lowest BCUT2D eigenvalue weighted by molar-refractivity contribution is 1.08. The van der Waals surface area contributed by atoms with Crippen LogP contribution in [0.25, 0.3) is 137 Å². The van der Waals surface area contributed by atoms with Crippen LogP contribution in [0.5, 0.6) is 0 Å². The molecule has 65 heavy (non-hydrogen) atoms. The smallest absolute Gasteiger partial charge is 0.164 e. The molecule has 0 N–H and O–H groups in total. The molecule has 4 nitrogen and oxygen atoms in total. The van der Waals surface area contributed by atoms with E-state index in [9.17, 15) is 0 Å². The highest BCUT2D eigenvalue weighted by molar-refractivity contribution is 6.37. The van der Waals surface area contributed by atoms with Gasteiger partial charge in [0.2, 0.25) is 0 Å². The van der Waals surface area contributed by atoms with Crippen LogP contribution in [0.15, 0.2) is 218 Å². The predicted octanol–water partition coefficient (Wildman–Crippen LogP) is 16.0. The van der Waals surface area contributed by atoms with E-state index in [4.69, 9.17) is 15.0 Å². The standard InChI is InChI=1S/C61H36N4/c1-3-13-41(14-4-1)59-62-60(64-61(63-59)50-24-12-26-53-58(50)49-20-7-8-25-52(49)65(53)45-18-5-2-6-19-45)42-32-27-37(28-33-42)44-35-43-34-31-40-16-10-22-47-46-21-9-15-38-29-30-39-17-11-23-48(56(39)54(38)46)51(36-44)57(43)55(40)47/h1-36H. The van der Waals surface area contributed by atoms with Crippen molar-refractivity contribution in [1.82, 2.24) is 19.5 Å². The molecule has 2 heterocycles. The lowest BCUT2D eigenvalue weighted by Crippen LogP contribution is -2.00. The molecular weight excluding hydrogens is 789 g/mol. The molecule has 0 fully saturated rings. The summed E-state index contributed by atoms with van der Waals surface area (Å²) in [7, 11) is 0. The van der Waals surface area contributed by atoms with E-state index in [2.05, 4.69) is 205 Å². The van der Waals surface area contributed by atoms with Gasteiger partial charge in [0, 0.05) is 33.2 Å². The fourth-order valence-electron chi connectivity index (χ4n) is 10.7. The molecule has 0 spiro atoms. The summed E-state index contributed by atoms with van der Waals surface area (Å²) in [5, 5.41) is 17.6. The number of aromatic nitrogens is 4. The van der Waals surface area contributed by atoms with Crippen molar-refractivity contribution in [1.29, 1.82) is 0 Å². The third kappa shape index (κ3) is 5.41. The Morgan fingerprint density at radius 1 is 0.262 bits per heavy atom. The minimum Gasteiger partial charge on any atom is -0.309 e. The molecule has 0 aliphatic rings. The van der Waals surface area contributed by atoms with Crippen molar-refractivity contribution in [2.75, 3.05) is 0 Å². The van der Waals surface area contributed by atoms with E-state index >= 15 is 0 Å². The van der Waals surface area contributed by atoms with Gasteiger partial charge >= 0.3 is 0 Å². The van der Waals surface area contributed by atoms with Crippen LogP contribution in [0.2, 0.25) is 0 Å². The summed E-state index contributed by atoms with van der Waals surface area (Å²) in [6.07, 6.45) is 0. The SMILES string of the molecule is c1ccc(-c2nc(-c3ccc(-c4cc5ccc6cccc7c8cccc9ccc%10cccc(c(c4)c5c67)c%10c98)cc3)nc(-c3cccc4c3c3ccccc3n4-c3ccccc3)n2)cc1. The average molecular weight is 825 g/mol. The van der Waals surface area contributed by atoms with Crippen molar-refractivity contribution in [3.05, 3.63) is 218 Å². The second-order valence-corrected chi connectivity index (χ2v) is 17.1. The van der Waals surface area contributed by atoms with Crippen LogP contribution >= 0.6 is 0 Å². The minimum atomic E-state index is 0.628. The predicted molar refractivity (Wildman–Crippen MR) is 272 cm³/mol. The van der Waals surface area contributed by atoms with Crippen molar-refractivity contribution >= 4 is 86.4 Å². The summed E-state index contributed by atoms with van der Waals surface area (Å²) < 4.78 is 2.33. The van der Waals surface area contributed by atoms with Gasteiger partial charge in [0.25, 0.3) is 0 Å². The molecule has 0 amide bonds. The third-order valence-electron chi connectivity index (χ3n) is 13.5. The molecule has 2 aromatic heterocycles. The van der Waals surface area contributed by atoms with Crippen LogP contribution in [-0.2, 0) is 0 Å². The number of benzene rings is 11. The zero-order valence-electron chi connectivity index (χ0n) is 35.1. The maximum Gasteiger partial charge on any atom is 0.164 e. The largest absolute Gasteiger partial charge is 0.309 e. The highest BCUT2D eigenvalue weighted by Gasteiger charge is 2.21. The number of hydrogen-bond donors (Lipinski definition) is 0. The lowest BCUT2D eigenvalue weighted by Gasteiger charge is -2.17. The Hall–Kier alpha value is -8.73. The lowest BCUT2D eigenvalue weighted by atomic mass is 9.86. The average Bonchev–Trinajstić information content (AvgIpc) is 3.72. The van der Waals surface area contributed by atoms with Crippen LogP contribution < -0.4 is 0 Å². The van der Waals surface area contributed by atoms with E-state index in [1.807, 2.05) is 18.2 Å². The summed E-state index contributed by atoms with van der Waals surface area (Å²) in [5.41, 5.74) is 8.46. The van der Waals surface area contributed by atoms with Crippen molar-refractivity contribution in [3.63, 3.8) is 0 Å². The van der Waals surface area contributed by atoms with Crippen LogP contribution in [0.3, 0.4) is 0 Å². The van der Waals surface area contributed by atoms with Crippen molar-refractivity contribution < 1.29 is 0 Å². The zero-order chi connectivity index (χ0) is 42.6. The Kier molecular flexibility index (Phi) is 7.65. The summed E-state index contributed by atoms with van der Waals surface area (Å²) in [6.45, 7) is 0. The number of nitrogens with zero attached hydrogens (tertiary/aromatic N) is 4. The third-order valence-corrected chi connectivity index (χ3v) is 13.5. The van der Waals surface area contributed by atoms with Gasteiger partial charge in [-0.25, -0.2) is 15.0 Å². The molecule has 0 aliphatic carbocycles. The number of rotatable bonds is 5. The maximum atomic E-state index is 5.29. The molecule has 0 radical (unpaired) electrons. The first kappa shape index (κ1) is 35.8. The minimum absolute atomic E-state index is 0.628. The molecule has 0 unspecified atom stereocenters. The van der Waals surface area contributed by atoms with Gasteiger partial charge in [-0.2, -0.15) is 0 Å². The normalized spacial score (nSPS) is 12.0. The fourth-order valence-corrected chi connectivity index (χ4v) is 10.7. The van der Waals surface area contributed by atoms with E-state index in [1.165, 1.54) is 64.6 Å². The van der Waals surface area contributed by atoms with Crippen LogP contribution in [0, 0.1) is 0 Å². The Morgan fingerprint density at radius 3 is 1.40 bits per heavy atom. The summed E-state index contributed by atoms with van der Waals surface area (Å²) >= 11 is 0. The first-order valence-corrected chi connectivity index (χ1v) is 22.2. The van der Waals surface area contributed by atoms with Crippen LogP contribution in [-0.4, -0.2) is 19.5 Å². The van der Waals surface area contributed by atoms with Crippen LogP contribution in [0.1, 0.15) is 0 Å². The molecule has 0 saturated carbocycles. The topological polar surface area (TPSA) is 43.6 Å². The van der Waals surface area contributed by atoms with Crippen molar-refractivity contribution in [2.24, 2.45) is 0 Å². The van der Waals surface area contributed by atoms with E-state index in [1.54, 1.807) is 0 Å². The molecule has 300 valence electrons. The van der Waals surface area contributed by atoms with Gasteiger partial charge in [-0.1, -0.05) is 182 Å². The quantitative estimate of drug-likeness (QED) is 0.162. The molecule has 14 aromatic rings. The Balaban J connectivity index is 0.966. The van der Waals surface area contributed by atoms with Crippen molar-refractivity contribution in [2.45, 2.75) is 0 Å². The monoisotopic (exact) mass is 824 g/mol. The van der Waals surface area contributed by atoms with E-state index < -0.39 is 0 Å². The molecule has 14 rings (SSSR count). The van der Waals surface area contributed by atoms with E-state index in [0.29, 0.717) is 17.5 Å². The number of para-hydroxylation sites is 2. The zero-order valence-corrected chi connectivity index (χ0v) is 35.1. The second-order valence-electron chi connectivity index (χ2n) is 17.1. The Bertz CT molecular complexity index is 4200. The molecule has 0 bridgehead atoms. The van der Waals surface area contributed by atoms with Crippen LogP contribution in [0.4, 0.5) is 0 Å². The first-order chi connectivity index (χ1) is 32.2. The van der Waals surface area contributed by atoms with E-state index in [-0.39, 0.29) is 0 Å². The molecule has 0 atom stereocenters. The molecule has 12 aromatic carbocycles. The first-order valence-electron chi connectivity index (χ1n) is 22.2. The summed E-state index contributed by atoms with van der Waals surface area (Å²) in [4.78, 5) is 15.6. The molecule has 0 saturated heterocycles. The highest BCUT2D eigenvalue weighted by atomic mass is 15.0. The molecule has 4 heteroatoms. The van der Waals surface area contributed by atoms with E-state index in [0.717, 1.165) is 55.3 Å². The van der Waals surface area contributed by atoms with Gasteiger partial charge in [-0.3, -0.25) is 0 Å². The van der Waals surface area contributed by atoms with Gasteiger partial charge in [0.1, 0.15) is 0 Å². The second kappa shape index (κ2) is 13.9. The molecular formula is C61H36N4. The summed E-state index contributed by atoms with van der Waals surface area (Å²) in [6, 6.07) is 78.8. The molecule has 0 aliphatic heterocycles. The summed E-state index contributed by atoms with van der Waals surface area (Å²) in [5.74, 6) is 1.90.